The fraction of sp³-hybridized carbons (Fsp3) is 0.280. The highest BCUT2D eigenvalue weighted by atomic mass is 16.5. The summed E-state index contributed by atoms with van der Waals surface area (Å²) in [7, 11) is 1.59. The van der Waals surface area contributed by atoms with Gasteiger partial charge in [0.05, 0.1) is 47.6 Å². The number of nitrogens with zero attached hydrogens (tertiary/aromatic N) is 4. The number of aromatic nitrogens is 3. The van der Waals surface area contributed by atoms with Crippen molar-refractivity contribution in [2.24, 2.45) is 0 Å². The summed E-state index contributed by atoms with van der Waals surface area (Å²) >= 11 is 0. The molecular weight excluding hydrogens is 404 g/mol. The number of benzene rings is 1. The summed E-state index contributed by atoms with van der Waals surface area (Å²) in [6.07, 6.45) is 1.70. The van der Waals surface area contributed by atoms with Gasteiger partial charge in [0.25, 0.3) is 5.56 Å². The lowest BCUT2D eigenvalue weighted by Gasteiger charge is -2.20. The van der Waals surface area contributed by atoms with Crippen molar-refractivity contribution in [2.75, 3.05) is 7.11 Å². The summed E-state index contributed by atoms with van der Waals surface area (Å²) in [6, 6.07) is 13.5. The van der Waals surface area contributed by atoms with Crippen molar-refractivity contribution in [3.63, 3.8) is 0 Å². The fourth-order valence-electron chi connectivity index (χ4n) is 3.96. The number of aryl methyl sites for hydroxylation is 2. The fourth-order valence-corrected chi connectivity index (χ4v) is 3.96. The number of rotatable bonds is 5. The van der Waals surface area contributed by atoms with Crippen molar-refractivity contribution >= 4 is 10.9 Å². The van der Waals surface area contributed by atoms with Crippen molar-refractivity contribution in [2.45, 2.75) is 39.7 Å². The first-order valence-electron chi connectivity index (χ1n) is 10.3. The molecule has 4 rings (SSSR count). The molecule has 0 spiro atoms. The summed E-state index contributed by atoms with van der Waals surface area (Å²) < 4.78 is 12.7. The van der Waals surface area contributed by atoms with Gasteiger partial charge in [0.2, 0.25) is 0 Å². The first kappa shape index (κ1) is 21.3. The molecule has 7 heteroatoms. The lowest BCUT2D eigenvalue weighted by molar-refractivity contribution is 0.393. The number of hydrogen-bond acceptors (Lipinski definition) is 6. The van der Waals surface area contributed by atoms with Crippen LogP contribution in [0.5, 0.6) is 5.75 Å². The Morgan fingerprint density at radius 2 is 2.00 bits per heavy atom. The Labute approximate surface area is 185 Å². The van der Waals surface area contributed by atoms with Crippen LogP contribution < -0.4 is 10.3 Å². The molecule has 0 atom stereocenters. The third kappa shape index (κ3) is 3.54. The summed E-state index contributed by atoms with van der Waals surface area (Å²) in [4.78, 5) is 17.9. The van der Waals surface area contributed by atoms with Crippen LogP contribution in [0.4, 0.5) is 0 Å². The van der Waals surface area contributed by atoms with Gasteiger partial charge >= 0.3 is 0 Å². The summed E-state index contributed by atoms with van der Waals surface area (Å²) in [5.74, 6) is 1.29. The maximum Gasteiger partial charge on any atom is 0.256 e. The molecule has 0 unspecified atom stereocenters. The quantitative estimate of drug-likeness (QED) is 0.464. The Hall–Kier alpha value is -3.92. The van der Waals surface area contributed by atoms with E-state index in [0.717, 1.165) is 27.9 Å². The number of methoxy groups -OCH3 is 1. The smallest absolute Gasteiger partial charge is 0.256 e. The van der Waals surface area contributed by atoms with Gasteiger partial charge < -0.3 is 13.8 Å². The molecule has 0 fully saturated rings. The largest absolute Gasteiger partial charge is 0.496 e. The lowest BCUT2D eigenvalue weighted by Crippen LogP contribution is -2.32. The van der Waals surface area contributed by atoms with Crippen LogP contribution in [0.3, 0.4) is 0 Å². The Bertz CT molecular complexity index is 1390. The van der Waals surface area contributed by atoms with E-state index in [9.17, 15) is 10.1 Å². The maximum absolute atomic E-state index is 13.5. The van der Waals surface area contributed by atoms with E-state index in [1.807, 2.05) is 44.2 Å². The lowest BCUT2D eigenvalue weighted by atomic mass is 9.86. The first-order valence-corrected chi connectivity index (χ1v) is 10.3. The van der Waals surface area contributed by atoms with Gasteiger partial charge in [0, 0.05) is 23.4 Å². The van der Waals surface area contributed by atoms with E-state index in [1.54, 1.807) is 37.8 Å². The van der Waals surface area contributed by atoms with Crippen LogP contribution in [0.2, 0.25) is 0 Å². The van der Waals surface area contributed by atoms with Gasteiger partial charge in [-0.25, -0.2) is 0 Å². The molecule has 0 aliphatic rings. The Morgan fingerprint density at radius 3 is 2.59 bits per heavy atom. The first-order chi connectivity index (χ1) is 15.3. The number of fused-ring (bicyclic) bond motifs is 1. The highest BCUT2D eigenvalue weighted by Crippen LogP contribution is 2.38. The third-order valence-electron chi connectivity index (χ3n) is 5.72. The van der Waals surface area contributed by atoms with Crippen LogP contribution in [-0.4, -0.2) is 21.8 Å². The molecule has 0 aliphatic heterocycles. The van der Waals surface area contributed by atoms with E-state index in [1.165, 1.54) is 0 Å². The molecular formula is C25H24N4O3. The molecule has 0 radical (unpaired) electrons. The van der Waals surface area contributed by atoms with E-state index in [2.05, 4.69) is 16.2 Å². The summed E-state index contributed by atoms with van der Waals surface area (Å²) in [6.45, 7) is 7.50. The van der Waals surface area contributed by atoms with Gasteiger partial charge in [-0.15, -0.1) is 0 Å². The van der Waals surface area contributed by atoms with Crippen LogP contribution in [0.15, 0.2) is 51.9 Å². The second-order valence-electron chi connectivity index (χ2n) is 8.32. The van der Waals surface area contributed by atoms with Crippen LogP contribution in [-0.2, 0) is 12.0 Å². The minimum atomic E-state index is -0.958. The van der Waals surface area contributed by atoms with Gasteiger partial charge in [0.1, 0.15) is 11.5 Å². The molecule has 7 nitrogen and oxygen atoms in total. The van der Waals surface area contributed by atoms with Crippen molar-refractivity contribution < 1.29 is 9.26 Å². The zero-order chi connectivity index (χ0) is 23.0. The average Bonchev–Trinajstić information content (AvgIpc) is 3.13. The number of hydrogen-bond donors (Lipinski definition) is 0. The monoisotopic (exact) mass is 428 g/mol. The Kier molecular flexibility index (Phi) is 5.31. The van der Waals surface area contributed by atoms with Crippen molar-refractivity contribution in [3.05, 3.63) is 75.7 Å². The number of ether oxygens (including phenoxy) is 1. The van der Waals surface area contributed by atoms with Gasteiger partial charge in [-0.05, 0) is 57.3 Å². The normalized spacial score (nSPS) is 11.5. The highest BCUT2D eigenvalue weighted by molar-refractivity contribution is 5.90. The van der Waals surface area contributed by atoms with Gasteiger partial charge in [0.15, 0.2) is 0 Å². The second-order valence-corrected chi connectivity index (χ2v) is 8.32. The van der Waals surface area contributed by atoms with Crippen molar-refractivity contribution in [1.29, 1.82) is 5.26 Å². The van der Waals surface area contributed by atoms with Crippen LogP contribution in [0.25, 0.3) is 22.0 Å². The zero-order valence-electron chi connectivity index (χ0n) is 18.8. The SMILES string of the molecule is COc1cc2c(cc1-c1c(C)noc1C)cc(C(C)(C)C#N)c(=O)n2Cc1ccccn1. The molecule has 162 valence electrons. The molecule has 0 N–H and O–H groups in total. The second kappa shape index (κ2) is 7.97. The molecule has 0 bridgehead atoms. The highest BCUT2D eigenvalue weighted by Gasteiger charge is 2.27. The summed E-state index contributed by atoms with van der Waals surface area (Å²) in [5, 5.41) is 14.6. The molecule has 0 aliphatic carbocycles. The van der Waals surface area contributed by atoms with Crippen LogP contribution in [0, 0.1) is 25.2 Å². The molecule has 32 heavy (non-hydrogen) atoms. The topological polar surface area (TPSA) is 93.9 Å². The molecule has 0 saturated heterocycles. The van der Waals surface area contributed by atoms with E-state index in [-0.39, 0.29) is 12.1 Å². The van der Waals surface area contributed by atoms with Crippen molar-refractivity contribution in [1.82, 2.24) is 14.7 Å². The van der Waals surface area contributed by atoms with Gasteiger partial charge in [-0.2, -0.15) is 5.26 Å². The predicted molar refractivity (Wildman–Crippen MR) is 122 cm³/mol. The van der Waals surface area contributed by atoms with E-state index >= 15 is 0 Å². The van der Waals surface area contributed by atoms with E-state index < -0.39 is 5.41 Å². The minimum absolute atomic E-state index is 0.221. The van der Waals surface area contributed by atoms with Gasteiger partial charge in [-0.3, -0.25) is 9.78 Å². The number of nitriles is 1. The maximum atomic E-state index is 13.5. The predicted octanol–water partition coefficient (Wildman–Crippen LogP) is 4.53. The zero-order valence-corrected chi connectivity index (χ0v) is 18.8. The molecule has 3 heterocycles. The summed E-state index contributed by atoms with van der Waals surface area (Å²) in [5.41, 5.74) is 3.12. The molecule has 4 aromatic rings. The average molecular weight is 428 g/mol. The van der Waals surface area contributed by atoms with Gasteiger partial charge in [-0.1, -0.05) is 11.2 Å². The standard InChI is InChI=1S/C25H24N4O3/c1-15-23(16(2)32-28-15)19-10-17-11-20(25(3,4)14-26)24(30)29(21(17)12-22(19)31-5)13-18-8-6-7-9-27-18/h6-12H,13H2,1-5H3. The Balaban J connectivity index is 2.08. The molecule has 0 amide bonds. The molecule has 0 saturated carbocycles. The van der Waals surface area contributed by atoms with E-state index in [4.69, 9.17) is 9.26 Å². The number of pyridine rings is 2. The minimum Gasteiger partial charge on any atom is -0.496 e. The molecule has 3 aromatic heterocycles. The molecule has 1 aromatic carbocycles. The van der Waals surface area contributed by atoms with E-state index in [0.29, 0.717) is 22.6 Å². The van der Waals surface area contributed by atoms with Crippen molar-refractivity contribution in [3.8, 4) is 22.9 Å². The van der Waals surface area contributed by atoms with Crippen LogP contribution >= 0.6 is 0 Å². The van der Waals surface area contributed by atoms with Crippen LogP contribution in [0.1, 0.15) is 36.6 Å². The Morgan fingerprint density at radius 1 is 1.22 bits per heavy atom. The third-order valence-corrected chi connectivity index (χ3v) is 5.72.